The largest absolute Gasteiger partial charge is 0.327 e. The van der Waals surface area contributed by atoms with E-state index in [1.807, 2.05) is 11.3 Å². The van der Waals surface area contributed by atoms with Gasteiger partial charge in [-0.3, -0.25) is 0 Å². The van der Waals surface area contributed by atoms with Gasteiger partial charge < -0.3 is 5.73 Å². The van der Waals surface area contributed by atoms with Gasteiger partial charge in [0.05, 0.1) is 0 Å². The van der Waals surface area contributed by atoms with Gasteiger partial charge in [-0.1, -0.05) is 12.5 Å². The van der Waals surface area contributed by atoms with Crippen molar-refractivity contribution in [3.05, 3.63) is 22.4 Å². The maximum absolute atomic E-state index is 5.98. The summed E-state index contributed by atoms with van der Waals surface area (Å²) in [5.74, 6) is 0.662. The lowest BCUT2D eigenvalue weighted by Gasteiger charge is -2.12. The van der Waals surface area contributed by atoms with Crippen LogP contribution in [-0.2, 0) is 0 Å². The minimum absolute atomic E-state index is 0.425. The van der Waals surface area contributed by atoms with Gasteiger partial charge in [-0.25, -0.2) is 0 Å². The fourth-order valence-corrected chi connectivity index (χ4v) is 2.78. The van der Waals surface area contributed by atoms with Crippen molar-refractivity contribution in [2.75, 3.05) is 0 Å². The van der Waals surface area contributed by atoms with E-state index in [0.717, 1.165) is 0 Å². The van der Waals surface area contributed by atoms with Gasteiger partial charge in [-0.2, -0.15) is 0 Å². The summed E-state index contributed by atoms with van der Waals surface area (Å²) in [5, 5.41) is 2.14. The monoisotopic (exact) mass is 167 g/mol. The average molecular weight is 167 g/mol. The Labute approximate surface area is 71.2 Å². The first-order valence-electron chi connectivity index (χ1n) is 4.17. The van der Waals surface area contributed by atoms with Crippen LogP contribution in [0, 0.1) is 0 Å². The van der Waals surface area contributed by atoms with Crippen molar-refractivity contribution in [1.82, 2.24) is 0 Å². The Morgan fingerprint density at radius 2 is 2.36 bits per heavy atom. The quantitative estimate of drug-likeness (QED) is 0.682. The van der Waals surface area contributed by atoms with Gasteiger partial charge in [0.2, 0.25) is 0 Å². The number of thiophene rings is 1. The van der Waals surface area contributed by atoms with Gasteiger partial charge in [-0.15, -0.1) is 11.3 Å². The maximum Gasteiger partial charge on any atom is 0.0116 e. The van der Waals surface area contributed by atoms with E-state index in [9.17, 15) is 0 Å². The van der Waals surface area contributed by atoms with E-state index >= 15 is 0 Å². The van der Waals surface area contributed by atoms with Crippen LogP contribution >= 0.6 is 11.3 Å². The number of hydrogen-bond acceptors (Lipinski definition) is 2. The first-order valence-corrected chi connectivity index (χ1v) is 5.05. The lowest BCUT2D eigenvalue weighted by Crippen LogP contribution is -2.21. The second-order valence-corrected chi connectivity index (χ2v) is 4.20. The fourth-order valence-electron chi connectivity index (χ4n) is 1.84. The van der Waals surface area contributed by atoms with E-state index in [2.05, 4.69) is 17.5 Å². The predicted molar refractivity (Wildman–Crippen MR) is 48.9 cm³/mol. The molecule has 0 amide bonds. The van der Waals surface area contributed by atoms with Crippen LogP contribution in [0.1, 0.15) is 30.1 Å². The molecule has 0 bridgehead atoms. The normalized spacial score (nSPS) is 31.0. The molecule has 2 rings (SSSR count). The zero-order valence-electron chi connectivity index (χ0n) is 6.49. The van der Waals surface area contributed by atoms with Gasteiger partial charge in [0.25, 0.3) is 0 Å². The van der Waals surface area contributed by atoms with Crippen molar-refractivity contribution in [2.45, 2.75) is 31.2 Å². The summed E-state index contributed by atoms with van der Waals surface area (Å²) in [6.07, 6.45) is 3.81. The third-order valence-corrected chi connectivity index (χ3v) is 3.48. The van der Waals surface area contributed by atoms with Gasteiger partial charge in [-0.05, 0) is 24.3 Å². The van der Waals surface area contributed by atoms with Crippen LogP contribution in [0.3, 0.4) is 0 Å². The Morgan fingerprint density at radius 1 is 1.45 bits per heavy atom. The van der Waals surface area contributed by atoms with E-state index in [0.29, 0.717) is 12.0 Å². The summed E-state index contributed by atoms with van der Waals surface area (Å²) >= 11 is 1.84. The van der Waals surface area contributed by atoms with Gasteiger partial charge >= 0.3 is 0 Å². The summed E-state index contributed by atoms with van der Waals surface area (Å²) in [6, 6.07) is 4.75. The second-order valence-electron chi connectivity index (χ2n) is 3.22. The molecule has 2 unspecified atom stereocenters. The third-order valence-electron chi connectivity index (χ3n) is 2.48. The Kier molecular flexibility index (Phi) is 1.96. The Hall–Kier alpha value is -0.340. The molecule has 60 valence electrons. The summed E-state index contributed by atoms with van der Waals surface area (Å²) < 4.78 is 0. The molecule has 2 atom stereocenters. The average Bonchev–Trinajstić information content (AvgIpc) is 2.55. The van der Waals surface area contributed by atoms with E-state index in [-0.39, 0.29) is 0 Å². The maximum atomic E-state index is 5.98. The van der Waals surface area contributed by atoms with E-state index in [1.165, 1.54) is 24.1 Å². The molecule has 0 aliphatic heterocycles. The molecule has 0 aromatic carbocycles. The summed E-state index contributed by atoms with van der Waals surface area (Å²) in [6.45, 7) is 0. The molecule has 0 saturated heterocycles. The third kappa shape index (κ3) is 1.33. The van der Waals surface area contributed by atoms with Crippen molar-refractivity contribution < 1.29 is 0 Å². The molecule has 1 aromatic heterocycles. The molecule has 2 heteroatoms. The number of nitrogens with two attached hydrogens (primary N) is 1. The molecule has 1 aromatic rings. The Balaban J connectivity index is 2.16. The van der Waals surface area contributed by atoms with E-state index < -0.39 is 0 Å². The zero-order chi connectivity index (χ0) is 7.68. The molecule has 1 heterocycles. The van der Waals surface area contributed by atoms with E-state index in [4.69, 9.17) is 5.73 Å². The summed E-state index contributed by atoms with van der Waals surface area (Å²) in [4.78, 5) is 1.48. The highest BCUT2D eigenvalue weighted by Gasteiger charge is 2.25. The standard InChI is InChI=1S/C9H13NS/c10-8-4-1-3-7(8)9-5-2-6-11-9/h2,5-8H,1,3-4,10H2. The molecule has 0 spiro atoms. The summed E-state index contributed by atoms with van der Waals surface area (Å²) in [7, 11) is 0. The SMILES string of the molecule is NC1CCCC1c1cccs1. The smallest absolute Gasteiger partial charge is 0.0116 e. The highest BCUT2D eigenvalue weighted by molar-refractivity contribution is 7.10. The van der Waals surface area contributed by atoms with E-state index in [1.54, 1.807) is 0 Å². The highest BCUT2D eigenvalue weighted by atomic mass is 32.1. The summed E-state index contributed by atoms with van der Waals surface area (Å²) in [5.41, 5.74) is 5.98. The minimum atomic E-state index is 0.425. The van der Waals surface area contributed by atoms with Crippen LogP contribution in [0.5, 0.6) is 0 Å². The lowest BCUT2D eigenvalue weighted by molar-refractivity contribution is 0.622. The van der Waals surface area contributed by atoms with Gasteiger partial charge in [0.15, 0.2) is 0 Å². The molecular formula is C9H13NS. The van der Waals surface area contributed by atoms with Crippen molar-refractivity contribution in [2.24, 2.45) is 5.73 Å². The van der Waals surface area contributed by atoms with Crippen LogP contribution in [0.2, 0.25) is 0 Å². The molecule has 0 radical (unpaired) electrons. The predicted octanol–water partition coefficient (Wildman–Crippen LogP) is 2.34. The number of rotatable bonds is 1. The molecule has 1 nitrogen and oxygen atoms in total. The zero-order valence-corrected chi connectivity index (χ0v) is 7.31. The minimum Gasteiger partial charge on any atom is -0.327 e. The van der Waals surface area contributed by atoms with Crippen LogP contribution < -0.4 is 5.73 Å². The van der Waals surface area contributed by atoms with Crippen molar-refractivity contribution >= 4 is 11.3 Å². The molecule has 1 aliphatic carbocycles. The number of hydrogen-bond donors (Lipinski definition) is 1. The van der Waals surface area contributed by atoms with Crippen molar-refractivity contribution in [3.63, 3.8) is 0 Å². The molecule has 1 aliphatic rings. The van der Waals surface area contributed by atoms with Crippen molar-refractivity contribution in [1.29, 1.82) is 0 Å². The molecule has 2 N–H and O–H groups in total. The van der Waals surface area contributed by atoms with Crippen LogP contribution in [0.4, 0.5) is 0 Å². The second kappa shape index (κ2) is 2.95. The lowest BCUT2D eigenvalue weighted by atomic mass is 10.0. The first kappa shape index (κ1) is 7.32. The highest BCUT2D eigenvalue weighted by Crippen LogP contribution is 2.35. The molecule has 1 fully saturated rings. The van der Waals surface area contributed by atoms with Gasteiger partial charge in [0, 0.05) is 16.8 Å². The Morgan fingerprint density at radius 3 is 2.91 bits per heavy atom. The van der Waals surface area contributed by atoms with Crippen LogP contribution in [0.25, 0.3) is 0 Å². The van der Waals surface area contributed by atoms with Gasteiger partial charge in [0.1, 0.15) is 0 Å². The first-order chi connectivity index (χ1) is 5.38. The fraction of sp³-hybridized carbons (Fsp3) is 0.556. The molecule has 11 heavy (non-hydrogen) atoms. The molecule has 1 saturated carbocycles. The topological polar surface area (TPSA) is 26.0 Å². The molecular weight excluding hydrogens is 154 g/mol. The van der Waals surface area contributed by atoms with Crippen LogP contribution in [-0.4, -0.2) is 6.04 Å². The van der Waals surface area contributed by atoms with Crippen LogP contribution in [0.15, 0.2) is 17.5 Å². The van der Waals surface area contributed by atoms with Crippen molar-refractivity contribution in [3.8, 4) is 0 Å². The Bertz CT molecular complexity index is 217.